The van der Waals surface area contributed by atoms with E-state index in [0.29, 0.717) is 34.4 Å². The predicted octanol–water partition coefficient (Wildman–Crippen LogP) is 3.90. The second-order valence-corrected chi connectivity index (χ2v) is 17.1. The molecule has 0 amide bonds. The van der Waals surface area contributed by atoms with Gasteiger partial charge in [0, 0.05) is 24.4 Å². The maximum Gasteiger partial charge on any atom is 0.386 e. The van der Waals surface area contributed by atoms with Crippen LogP contribution in [0.4, 0.5) is 5.82 Å². The number of thiol groups is 2. The van der Waals surface area contributed by atoms with Gasteiger partial charge in [-0.3, -0.25) is 18.0 Å². The Kier molecular flexibility index (Phi) is 7.54. The normalized spacial score (nSPS) is 35.6. The molecule has 8 rings (SSSR count). The summed E-state index contributed by atoms with van der Waals surface area (Å²) >= 11 is 8.57. The van der Waals surface area contributed by atoms with Crippen LogP contribution in [0.1, 0.15) is 18.7 Å². The first kappa shape index (κ1) is 30.5. The number of hydrogen-bond donors (Lipinski definition) is 3. The van der Waals surface area contributed by atoms with Crippen molar-refractivity contribution in [1.82, 2.24) is 43.4 Å². The summed E-state index contributed by atoms with van der Waals surface area (Å²) in [5.41, 5.74) is 8.75. The van der Waals surface area contributed by atoms with Gasteiger partial charge >= 0.3 is 13.6 Å². The van der Waals surface area contributed by atoms with E-state index in [1.807, 2.05) is 4.57 Å². The van der Waals surface area contributed by atoms with Gasteiger partial charge in [-0.25, -0.2) is 39.0 Å². The molecule has 0 spiro atoms. The van der Waals surface area contributed by atoms with Crippen molar-refractivity contribution >= 4 is 71.9 Å². The van der Waals surface area contributed by atoms with Crippen molar-refractivity contribution in [2.24, 2.45) is 17.8 Å². The molecule has 0 bridgehead atoms. The standard InChI is InChI=1S/C25H28N10O7P2S2/c1-2-14-20-17(41-25(14)35-12-30-18-21(26)28-9-29-23(18)35)8-40-43(36,45)39-7-15-13(6-38-44(37,46)42-20)5-16(15)34-11-31-19-22-27-3-4-33(22)10-32-24(19)34/h2-4,9-17,20,25H,1,5-8H2,(H,36,45)(H,37,46)(H2,26,28,29)/t13-,14-,15-,16-,17-,20+,25-,43?,44?/m1/s1. The quantitative estimate of drug-likeness (QED) is 0.139. The molecule has 5 aromatic heterocycles. The fourth-order valence-corrected chi connectivity index (χ4v) is 9.19. The van der Waals surface area contributed by atoms with E-state index in [1.165, 1.54) is 12.7 Å². The van der Waals surface area contributed by atoms with Gasteiger partial charge < -0.3 is 24.1 Å². The van der Waals surface area contributed by atoms with Crippen LogP contribution in [0.25, 0.3) is 28.0 Å². The van der Waals surface area contributed by atoms with Gasteiger partial charge in [-0.1, -0.05) is 30.6 Å². The molecular formula is C25H28N10O7P2S2. The van der Waals surface area contributed by atoms with Gasteiger partial charge in [0.25, 0.3) is 0 Å². The molecule has 7 heterocycles. The molecule has 242 valence electrons. The first-order chi connectivity index (χ1) is 22.1. The van der Waals surface area contributed by atoms with Crippen molar-refractivity contribution in [3.05, 3.63) is 50.4 Å². The highest BCUT2D eigenvalue weighted by atomic mass is 32.7. The average molecular weight is 707 g/mol. The SMILES string of the molecule is C=C[C@@H]1[C@@H]2OP(=O)(S)OC[C@H]3C[C@@H](n4cnc5c4ncn4ccnc54)[C@@H]3COP(=O)(S)OC[C@H]2O[C@H]1n1cnc2c(N)ncnc21. The van der Waals surface area contributed by atoms with E-state index < -0.39 is 37.9 Å². The van der Waals surface area contributed by atoms with E-state index >= 15 is 0 Å². The van der Waals surface area contributed by atoms with Crippen LogP contribution >= 0.6 is 38.1 Å². The van der Waals surface area contributed by atoms with Crippen LogP contribution in [0.3, 0.4) is 0 Å². The fourth-order valence-electron chi connectivity index (χ4n) is 6.47. The number of hydrogen-bond acceptors (Lipinski definition) is 14. The molecule has 2 saturated heterocycles. The van der Waals surface area contributed by atoms with Crippen LogP contribution < -0.4 is 5.73 Å². The molecule has 3 aliphatic rings. The van der Waals surface area contributed by atoms with E-state index in [4.69, 9.17) is 28.6 Å². The Morgan fingerprint density at radius 3 is 2.50 bits per heavy atom. The Labute approximate surface area is 271 Å². The first-order valence-corrected chi connectivity index (χ1v) is 19.6. The molecule has 46 heavy (non-hydrogen) atoms. The Morgan fingerprint density at radius 2 is 1.65 bits per heavy atom. The molecule has 21 heteroatoms. The summed E-state index contributed by atoms with van der Waals surface area (Å²) in [6.45, 7) is -4.14. The Morgan fingerprint density at radius 1 is 0.891 bits per heavy atom. The van der Waals surface area contributed by atoms with Crippen molar-refractivity contribution in [3.63, 3.8) is 0 Å². The van der Waals surface area contributed by atoms with Gasteiger partial charge in [0.15, 0.2) is 28.3 Å². The largest absolute Gasteiger partial charge is 0.386 e. The van der Waals surface area contributed by atoms with Gasteiger partial charge in [0.1, 0.15) is 36.6 Å². The minimum Gasteiger partial charge on any atom is -0.382 e. The van der Waals surface area contributed by atoms with Gasteiger partial charge in [0.05, 0.1) is 38.4 Å². The Balaban J connectivity index is 1.07. The van der Waals surface area contributed by atoms with Crippen LogP contribution in [0.5, 0.6) is 0 Å². The lowest BCUT2D eigenvalue weighted by Gasteiger charge is -2.45. The highest BCUT2D eigenvalue weighted by Crippen LogP contribution is 2.61. The smallest absolute Gasteiger partial charge is 0.382 e. The van der Waals surface area contributed by atoms with E-state index in [1.54, 1.807) is 40.1 Å². The highest BCUT2D eigenvalue weighted by molar-refractivity contribution is 8.44. The summed E-state index contributed by atoms with van der Waals surface area (Å²) in [6, 6.07) is -0.140. The second-order valence-electron chi connectivity index (χ2n) is 11.3. The zero-order valence-electron chi connectivity index (χ0n) is 23.9. The molecule has 0 aromatic carbocycles. The average Bonchev–Trinajstić information content (AvgIpc) is 3.80. The maximum atomic E-state index is 13.7. The van der Waals surface area contributed by atoms with Crippen molar-refractivity contribution in [3.8, 4) is 0 Å². The summed E-state index contributed by atoms with van der Waals surface area (Å²) in [4.78, 5) is 26.1. The molecule has 2 aliphatic heterocycles. The summed E-state index contributed by atoms with van der Waals surface area (Å²) < 4.78 is 62.3. The van der Waals surface area contributed by atoms with E-state index in [2.05, 4.69) is 61.0 Å². The van der Waals surface area contributed by atoms with Crippen LogP contribution in [0, 0.1) is 17.8 Å². The third-order valence-corrected chi connectivity index (χ3v) is 12.1. The number of ether oxygens (including phenoxy) is 1. The summed E-state index contributed by atoms with van der Waals surface area (Å²) in [6.07, 6.45) is 9.24. The molecule has 1 saturated carbocycles. The first-order valence-electron chi connectivity index (χ1n) is 14.3. The molecule has 5 aromatic rings. The third-order valence-electron chi connectivity index (χ3n) is 8.82. The number of aromatic nitrogens is 9. The number of anilines is 1. The number of nitrogens with two attached hydrogens (primary N) is 1. The summed E-state index contributed by atoms with van der Waals surface area (Å²) in [5, 5.41) is 0. The molecule has 17 nitrogen and oxygen atoms in total. The molecule has 3 fully saturated rings. The lowest BCUT2D eigenvalue weighted by molar-refractivity contribution is -0.0381. The van der Waals surface area contributed by atoms with Crippen LogP contribution in [-0.2, 0) is 32.0 Å². The highest BCUT2D eigenvalue weighted by Gasteiger charge is 2.50. The lowest BCUT2D eigenvalue weighted by atomic mass is 9.70. The van der Waals surface area contributed by atoms with E-state index in [0.717, 1.165) is 0 Å². The van der Waals surface area contributed by atoms with Gasteiger partial charge in [0.2, 0.25) is 0 Å². The molecular weight excluding hydrogens is 678 g/mol. The number of nitrogen functional groups attached to an aromatic ring is 1. The van der Waals surface area contributed by atoms with Crippen LogP contribution in [0.2, 0.25) is 0 Å². The third kappa shape index (κ3) is 5.18. The van der Waals surface area contributed by atoms with Crippen LogP contribution in [-0.4, -0.2) is 75.5 Å². The van der Waals surface area contributed by atoms with Gasteiger partial charge in [-0.05, 0) is 12.3 Å². The fraction of sp³-hybridized carbons (Fsp3) is 0.440. The van der Waals surface area contributed by atoms with Crippen molar-refractivity contribution in [2.75, 3.05) is 25.6 Å². The number of imidazole rings is 3. The summed E-state index contributed by atoms with van der Waals surface area (Å²) in [7, 11) is 0. The van der Waals surface area contributed by atoms with Gasteiger partial charge in [-0.2, -0.15) is 0 Å². The predicted molar refractivity (Wildman–Crippen MR) is 170 cm³/mol. The monoisotopic (exact) mass is 706 g/mol. The minimum atomic E-state index is -3.96. The molecule has 9 atom stereocenters. The zero-order valence-corrected chi connectivity index (χ0v) is 27.4. The molecule has 2 unspecified atom stereocenters. The van der Waals surface area contributed by atoms with Crippen molar-refractivity contribution < 1.29 is 32.0 Å². The van der Waals surface area contributed by atoms with Crippen molar-refractivity contribution in [1.29, 1.82) is 0 Å². The number of nitrogens with zero attached hydrogens (tertiary/aromatic N) is 9. The molecule has 1 aliphatic carbocycles. The maximum absolute atomic E-state index is 13.7. The zero-order chi connectivity index (χ0) is 31.8. The number of rotatable bonds is 3. The lowest BCUT2D eigenvalue weighted by Crippen LogP contribution is -2.43. The van der Waals surface area contributed by atoms with Gasteiger partial charge in [-0.15, -0.1) is 6.58 Å². The number of fused-ring (bicyclic) bond motifs is 6. The summed E-state index contributed by atoms with van der Waals surface area (Å²) in [5.74, 6) is -0.805. The Hall–Kier alpha value is -2.86. The second kappa shape index (κ2) is 11.4. The van der Waals surface area contributed by atoms with E-state index in [-0.39, 0.29) is 43.5 Å². The topological polar surface area (TPSA) is 198 Å². The molecule has 0 radical (unpaired) electrons. The van der Waals surface area contributed by atoms with E-state index in [9.17, 15) is 9.13 Å². The van der Waals surface area contributed by atoms with Crippen molar-refractivity contribution in [2.45, 2.75) is 30.9 Å². The Bertz CT molecular complexity index is 2070. The van der Waals surface area contributed by atoms with Crippen LogP contribution in [0.15, 0.2) is 50.4 Å². The molecule has 2 N–H and O–H groups in total. The minimum absolute atomic E-state index is 0.0114.